The van der Waals surface area contributed by atoms with E-state index in [0.29, 0.717) is 17.2 Å². The van der Waals surface area contributed by atoms with Gasteiger partial charge < -0.3 is 10.3 Å². The summed E-state index contributed by atoms with van der Waals surface area (Å²) < 4.78 is 26.3. The van der Waals surface area contributed by atoms with Crippen molar-refractivity contribution >= 4 is 21.6 Å². The van der Waals surface area contributed by atoms with Crippen LogP contribution in [0, 0.1) is 6.92 Å². The molecule has 1 aromatic carbocycles. The molecule has 1 heterocycles. The highest BCUT2D eigenvalue weighted by Gasteiger charge is 2.15. The van der Waals surface area contributed by atoms with Crippen LogP contribution in [0.4, 0.5) is 0 Å². The highest BCUT2D eigenvalue weighted by Crippen LogP contribution is 2.18. The minimum absolute atomic E-state index is 0.0611. The quantitative estimate of drug-likeness (QED) is 0.801. The van der Waals surface area contributed by atoms with Crippen molar-refractivity contribution in [3.05, 3.63) is 35.7 Å². The number of hydrogen-bond acceptors (Lipinski definition) is 6. The highest BCUT2D eigenvalue weighted by molar-refractivity contribution is 8.00. The van der Waals surface area contributed by atoms with E-state index in [1.54, 1.807) is 24.3 Å². The van der Waals surface area contributed by atoms with Gasteiger partial charge in [-0.05, 0) is 24.6 Å². The van der Waals surface area contributed by atoms with Gasteiger partial charge in [0.2, 0.25) is 0 Å². The SMILES string of the molecule is Cc1nnc(SCCS(=O)(=O)c2ccc(CN)cc2)n1C. The Kier molecular flexibility index (Phi) is 5.02. The number of nitrogens with two attached hydrogens (primary N) is 1. The van der Waals surface area contributed by atoms with E-state index in [-0.39, 0.29) is 5.75 Å². The van der Waals surface area contributed by atoms with Crippen LogP contribution >= 0.6 is 11.8 Å². The van der Waals surface area contributed by atoms with Crippen LogP contribution in [-0.2, 0) is 23.4 Å². The monoisotopic (exact) mass is 326 g/mol. The maximum absolute atomic E-state index is 12.2. The van der Waals surface area contributed by atoms with Gasteiger partial charge in [0.1, 0.15) is 5.82 Å². The summed E-state index contributed by atoms with van der Waals surface area (Å²) in [6.45, 7) is 2.26. The van der Waals surface area contributed by atoms with Crippen molar-refractivity contribution in [2.75, 3.05) is 11.5 Å². The molecule has 0 amide bonds. The number of rotatable bonds is 6. The average Bonchev–Trinajstić information content (AvgIpc) is 2.79. The van der Waals surface area contributed by atoms with Crippen molar-refractivity contribution in [3.8, 4) is 0 Å². The zero-order valence-electron chi connectivity index (χ0n) is 12.0. The molecule has 6 nitrogen and oxygen atoms in total. The van der Waals surface area contributed by atoms with Crippen LogP contribution < -0.4 is 5.73 Å². The average molecular weight is 326 g/mol. The molecule has 1 aromatic heterocycles. The largest absolute Gasteiger partial charge is 0.326 e. The Labute approximate surface area is 128 Å². The molecule has 114 valence electrons. The van der Waals surface area contributed by atoms with Crippen LogP contribution in [0.5, 0.6) is 0 Å². The third-order valence-electron chi connectivity index (χ3n) is 3.15. The zero-order valence-corrected chi connectivity index (χ0v) is 13.6. The topological polar surface area (TPSA) is 90.9 Å². The first kappa shape index (κ1) is 16.0. The van der Waals surface area contributed by atoms with Gasteiger partial charge in [0, 0.05) is 19.3 Å². The predicted octanol–water partition coefficient (Wildman–Crippen LogP) is 1.15. The number of nitrogens with zero attached hydrogens (tertiary/aromatic N) is 3. The van der Waals surface area contributed by atoms with E-state index in [0.717, 1.165) is 16.5 Å². The molecule has 0 fully saturated rings. The van der Waals surface area contributed by atoms with E-state index in [2.05, 4.69) is 10.2 Å². The van der Waals surface area contributed by atoms with Gasteiger partial charge in [-0.1, -0.05) is 23.9 Å². The highest BCUT2D eigenvalue weighted by atomic mass is 32.2. The minimum atomic E-state index is -3.28. The molecule has 8 heteroatoms. The molecule has 0 atom stereocenters. The summed E-state index contributed by atoms with van der Waals surface area (Å²) in [5.41, 5.74) is 6.42. The fourth-order valence-corrected chi connectivity index (χ4v) is 4.31. The van der Waals surface area contributed by atoms with Crippen LogP contribution in [0.25, 0.3) is 0 Å². The minimum Gasteiger partial charge on any atom is -0.326 e. The maximum atomic E-state index is 12.2. The molecule has 21 heavy (non-hydrogen) atoms. The van der Waals surface area contributed by atoms with Crippen molar-refractivity contribution in [1.29, 1.82) is 0 Å². The van der Waals surface area contributed by atoms with Gasteiger partial charge >= 0.3 is 0 Å². The summed E-state index contributed by atoms with van der Waals surface area (Å²) in [6, 6.07) is 6.70. The van der Waals surface area contributed by atoms with E-state index in [1.807, 2.05) is 18.5 Å². The van der Waals surface area contributed by atoms with Crippen LogP contribution in [0.15, 0.2) is 34.3 Å². The third kappa shape index (κ3) is 3.84. The van der Waals surface area contributed by atoms with Crippen molar-refractivity contribution in [3.63, 3.8) is 0 Å². The Bertz CT molecular complexity index is 708. The summed E-state index contributed by atoms with van der Waals surface area (Å²) in [4.78, 5) is 0.328. The van der Waals surface area contributed by atoms with Gasteiger partial charge in [0.05, 0.1) is 10.6 Å². The second kappa shape index (κ2) is 6.59. The number of aryl methyl sites for hydroxylation is 1. The van der Waals surface area contributed by atoms with Gasteiger partial charge in [-0.25, -0.2) is 8.42 Å². The fraction of sp³-hybridized carbons (Fsp3) is 0.385. The maximum Gasteiger partial charge on any atom is 0.190 e. The molecule has 2 N–H and O–H groups in total. The molecule has 0 bridgehead atoms. The van der Waals surface area contributed by atoms with E-state index in [1.165, 1.54) is 11.8 Å². The van der Waals surface area contributed by atoms with Crippen molar-refractivity contribution in [2.24, 2.45) is 12.8 Å². The van der Waals surface area contributed by atoms with Crippen LogP contribution in [-0.4, -0.2) is 34.7 Å². The molecule has 0 saturated heterocycles. The summed E-state index contributed by atoms with van der Waals surface area (Å²) in [7, 11) is -1.42. The van der Waals surface area contributed by atoms with Crippen LogP contribution in [0.1, 0.15) is 11.4 Å². The molecule has 0 spiro atoms. The number of sulfone groups is 1. The molecule has 0 radical (unpaired) electrons. The summed E-state index contributed by atoms with van der Waals surface area (Å²) >= 11 is 1.39. The first-order chi connectivity index (χ1) is 9.94. The van der Waals surface area contributed by atoms with Gasteiger partial charge in [-0.15, -0.1) is 10.2 Å². The molecular formula is C13H18N4O2S2. The summed E-state index contributed by atoms with van der Waals surface area (Å²) in [6.07, 6.45) is 0. The number of thioether (sulfide) groups is 1. The lowest BCUT2D eigenvalue weighted by atomic mass is 10.2. The summed E-state index contributed by atoms with van der Waals surface area (Å²) in [5.74, 6) is 1.30. The lowest BCUT2D eigenvalue weighted by Gasteiger charge is -2.05. The van der Waals surface area contributed by atoms with Crippen molar-refractivity contribution < 1.29 is 8.42 Å². The Hall–Kier alpha value is -1.38. The Morgan fingerprint density at radius 1 is 1.24 bits per heavy atom. The molecule has 0 aliphatic heterocycles. The van der Waals surface area contributed by atoms with Gasteiger partial charge in [0.15, 0.2) is 15.0 Å². The molecule has 0 unspecified atom stereocenters. The molecule has 0 aliphatic carbocycles. The van der Waals surface area contributed by atoms with E-state index in [4.69, 9.17) is 5.73 Å². The smallest absolute Gasteiger partial charge is 0.190 e. The first-order valence-corrected chi connectivity index (χ1v) is 9.08. The Balaban J connectivity index is 1.99. The molecule has 0 saturated carbocycles. The second-order valence-electron chi connectivity index (χ2n) is 4.60. The van der Waals surface area contributed by atoms with E-state index in [9.17, 15) is 8.42 Å². The van der Waals surface area contributed by atoms with E-state index >= 15 is 0 Å². The van der Waals surface area contributed by atoms with Crippen LogP contribution in [0.2, 0.25) is 0 Å². The zero-order chi connectivity index (χ0) is 15.5. The Morgan fingerprint density at radius 2 is 1.90 bits per heavy atom. The lowest BCUT2D eigenvalue weighted by molar-refractivity contribution is 0.597. The van der Waals surface area contributed by atoms with Gasteiger partial charge in [-0.3, -0.25) is 0 Å². The predicted molar refractivity (Wildman–Crippen MR) is 82.9 cm³/mol. The second-order valence-corrected chi connectivity index (χ2v) is 7.78. The van der Waals surface area contributed by atoms with Gasteiger partial charge in [0.25, 0.3) is 0 Å². The number of hydrogen-bond donors (Lipinski definition) is 1. The standard InChI is InChI=1S/C13H18N4O2S2/c1-10-15-16-13(17(10)2)20-7-8-21(18,19)12-5-3-11(9-14)4-6-12/h3-6H,7-9,14H2,1-2H3. The molecular weight excluding hydrogens is 308 g/mol. The molecule has 2 aromatic rings. The number of aromatic nitrogens is 3. The van der Waals surface area contributed by atoms with Crippen molar-refractivity contribution in [1.82, 2.24) is 14.8 Å². The fourth-order valence-electron chi connectivity index (χ4n) is 1.71. The van der Waals surface area contributed by atoms with Crippen molar-refractivity contribution in [2.45, 2.75) is 23.5 Å². The normalized spacial score (nSPS) is 11.8. The molecule has 0 aliphatic rings. The Morgan fingerprint density at radius 3 is 2.43 bits per heavy atom. The molecule has 2 rings (SSSR count). The lowest BCUT2D eigenvalue weighted by Crippen LogP contribution is -2.09. The van der Waals surface area contributed by atoms with Crippen LogP contribution in [0.3, 0.4) is 0 Å². The first-order valence-electron chi connectivity index (χ1n) is 6.44. The number of benzene rings is 1. The van der Waals surface area contributed by atoms with Gasteiger partial charge in [-0.2, -0.15) is 0 Å². The van der Waals surface area contributed by atoms with E-state index < -0.39 is 9.84 Å². The summed E-state index contributed by atoms with van der Waals surface area (Å²) in [5, 5.41) is 8.66. The third-order valence-corrected chi connectivity index (χ3v) is 6.17.